The molecule has 96 valence electrons. The van der Waals surface area contributed by atoms with Crippen molar-refractivity contribution in [1.29, 1.82) is 0 Å². The van der Waals surface area contributed by atoms with Gasteiger partial charge in [-0.05, 0) is 6.92 Å². The van der Waals surface area contributed by atoms with E-state index in [2.05, 4.69) is 0 Å². The minimum atomic E-state index is -4.34. The molecular formula is C9H17F3N2O2. The predicted molar refractivity (Wildman–Crippen MR) is 51.9 cm³/mol. The van der Waals surface area contributed by atoms with Crippen LogP contribution in [0.2, 0.25) is 0 Å². The Kier molecular flexibility index (Phi) is 4.54. The zero-order valence-corrected chi connectivity index (χ0v) is 9.07. The highest BCUT2D eigenvalue weighted by molar-refractivity contribution is 4.85. The molecule has 3 N–H and O–H groups in total. The van der Waals surface area contributed by atoms with Crippen molar-refractivity contribution in [3.8, 4) is 0 Å². The van der Waals surface area contributed by atoms with E-state index in [9.17, 15) is 13.2 Å². The summed E-state index contributed by atoms with van der Waals surface area (Å²) in [5.41, 5.74) is 5.16. The zero-order chi connectivity index (χ0) is 12.3. The predicted octanol–water partition coefficient (Wildman–Crippen LogP) is -0.0424. The van der Waals surface area contributed by atoms with Crippen LogP contribution in [0.4, 0.5) is 13.2 Å². The van der Waals surface area contributed by atoms with Gasteiger partial charge in [0.05, 0.1) is 18.8 Å². The molecule has 0 aromatic rings. The van der Waals surface area contributed by atoms with Crippen molar-refractivity contribution in [2.45, 2.75) is 31.3 Å². The van der Waals surface area contributed by atoms with E-state index in [4.69, 9.17) is 15.6 Å². The molecule has 0 spiro atoms. The third kappa shape index (κ3) is 3.31. The highest BCUT2D eigenvalue weighted by Gasteiger charge is 2.44. The molecule has 1 heterocycles. The van der Waals surface area contributed by atoms with Gasteiger partial charge in [0.25, 0.3) is 0 Å². The Hall–Kier alpha value is -0.370. The van der Waals surface area contributed by atoms with E-state index in [0.29, 0.717) is 0 Å². The smallest absolute Gasteiger partial charge is 0.394 e. The van der Waals surface area contributed by atoms with Gasteiger partial charge in [-0.2, -0.15) is 13.2 Å². The highest BCUT2D eigenvalue weighted by Crippen LogP contribution is 2.26. The lowest BCUT2D eigenvalue weighted by atomic mass is 10.1. The topological polar surface area (TPSA) is 58.7 Å². The number of alkyl halides is 3. The Morgan fingerprint density at radius 1 is 1.50 bits per heavy atom. The summed E-state index contributed by atoms with van der Waals surface area (Å²) in [4.78, 5) is 1.23. The molecule has 3 atom stereocenters. The molecule has 3 unspecified atom stereocenters. The molecule has 1 aliphatic heterocycles. The van der Waals surface area contributed by atoms with Crippen LogP contribution in [0.1, 0.15) is 6.92 Å². The van der Waals surface area contributed by atoms with Crippen LogP contribution >= 0.6 is 0 Å². The minimum absolute atomic E-state index is 0.0578. The number of aliphatic hydroxyl groups is 1. The van der Waals surface area contributed by atoms with Gasteiger partial charge in [0.1, 0.15) is 6.04 Å². The van der Waals surface area contributed by atoms with E-state index in [1.807, 2.05) is 0 Å². The van der Waals surface area contributed by atoms with E-state index in [0.717, 1.165) is 0 Å². The average molecular weight is 242 g/mol. The fourth-order valence-electron chi connectivity index (χ4n) is 1.93. The summed E-state index contributed by atoms with van der Waals surface area (Å²) in [5.74, 6) is 0. The molecule has 0 amide bonds. The lowest BCUT2D eigenvalue weighted by Crippen LogP contribution is -2.58. The quantitative estimate of drug-likeness (QED) is 0.729. The number of nitrogens with two attached hydrogens (primary N) is 1. The third-order valence-corrected chi connectivity index (χ3v) is 2.60. The molecule has 0 bridgehead atoms. The average Bonchev–Trinajstić information content (AvgIpc) is 2.15. The summed E-state index contributed by atoms with van der Waals surface area (Å²) in [7, 11) is 0. The van der Waals surface area contributed by atoms with Crippen LogP contribution in [-0.2, 0) is 4.74 Å². The minimum Gasteiger partial charge on any atom is -0.394 e. The standard InChI is InChI=1S/C9H17F3N2O2/c1-6-3-14(4-7(5-15)16-6)8(2-13)9(10,11)12/h6-8,15H,2-5,13H2,1H3. The molecule has 16 heavy (non-hydrogen) atoms. The van der Waals surface area contributed by atoms with Crippen molar-refractivity contribution >= 4 is 0 Å². The third-order valence-electron chi connectivity index (χ3n) is 2.60. The lowest BCUT2D eigenvalue weighted by Gasteiger charge is -2.40. The molecule has 1 saturated heterocycles. The van der Waals surface area contributed by atoms with Crippen molar-refractivity contribution < 1.29 is 23.0 Å². The number of aliphatic hydroxyl groups excluding tert-OH is 1. The Morgan fingerprint density at radius 2 is 2.12 bits per heavy atom. The van der Waals surface area contributed by atoms with Crippen LogP contribution in [0.5, 0.6) is 0 Å². The molecule has 0 aromatic heterocycles. The summed E-state index contributed by atoms with van der Waals surface area (Å²) in [5, 5.41) is 8.92. The van der Waals surface area contributed by atoms with E-state index < -0.39 is 24.9 Å². The maximum atomic E-state index is 12.6. The van der Waals surface area contributed by atoms with E-state index in [1.54, 1.807) is 6.92 Å². The van der Waals surface area contributed by atoms with Gasteiger partial charge in [0, 0.05) is 19.6 Å². The number of rotatable bonds is 3. The number of halogens is 3. The van der Waals surface area contributed by atoms with E-state index in [-0.39, 0.29) is 25.8 Å². The monoisotopic (exact) mass is 242 g/mol. The molecule has 0 radical (unpaired) electrons. The van der Waals surface area contributed by atoms with Gasteiger partial charge in [-0.3, -0.25) is 4.90 Å². The van der Waals surface area contributed by atoms with Gasteiger partial charge in [-0.15, -0.1) is 0 Å². The first-order chi connectivity index (χ1) is 7.38. The SMILES string of the molecule is CC1CN(C(CN)C(F)(F)F)CC(CO)O1. The van der Waals surface area contributed by atoms with Crippen LogP contribution in [-0.4, -0.2) is 60.7 Å². The second kappa shape index (κ2) is 5.31. The Labute approximate surface area is 92.2 Å². The number of nitrogens with zero attached hydrogens (tertiary/aromatic N) is 1. The molecule has 7 heteroatoms. The lowest BCUT2D eigenvalue weighted by molar-refractivity contribution is -0.203. The summed E-state index contributed by atoms with van der Waals surface area (Å²) in [6.45, 7) is 1.16. The van der Waals surface area contributed by atoms with Crippen LogP contribution in [0.15, 0.2) is 0 Å². The maximum absolute atomic E-state index is 12.6. The van der Waals surface area contributed by atoms with Crippen molar-refractivity contribution in [3.63, 3.8) is 0 Å². The largest absolute Gasteiger partial charge is 0.405 e. The van der Waals surface area contributed by atoms with Gasteiger partial charge in [-0.1, -0.05) is 0 Å². The van der Waals surface area contributed by atoms with Crippen molar-refractivity contribution in [1.82, 2.24) is 4.90 Å². The van der Waals surface area contributed by atoms with Crippen LogP contribution in [0.3, 0.4) is 0 Å². The molecule has 4 nitrogen and oxygen atoms in total. The molecule has 1 aliphatic rings. The Morgan fingerprint density at radius 3 is 2.56 bits per heavy atom. The maximum Gasteiger partial charge on any atom is 0.405 e. The first kappa shape index (κ1) is 13.7. The number of ether oxygens (including phenoxy) is 1. The molecule has 0 aromatic carbocycles. The van der Waals surface area contributed by atoms with Gasteiger partial charge < -0.3 is 15.6 Å². The summed E-state index contributed by atoms with van der Waals surface area (Å²) in [6.07, 6.45) is -5.24. The summed E-state index contributed by atoms with van der Waals surface area (Å²) >= 11 is 0. The number of hydrogen-bond acceptors (Lipinski definition) is 4. The first-order valence-corrected chi connectivity index (χ1v) is 5.15. The fraction of sp³-hybridized carbons (Fsp3) is 1.00. The normalized spacial score (nSPS) is 30.4. The summed E-state index contributed by atoms with van der Waals surface area (Å²) < 4.78 is 43.2. The van der Waals surface area contributed by atoms with E-state index in [1.165, 1.54) is 4.90 Å². The number of hydrogen-bond donors (Lipinski definition) is 2. The van der Waals surface area contributed by atoms with Crippen molar-refractivity contribution in [2.75, 3.05) is 26.2 Å². The van der Waals surface area contributed by atoms with E-state index >= 15 is 0 Å². The second-order valence-corrected chi connectivity index (χ2v) is 4.00. The van der Waals surface area contributed by atoms with Gasteiger partial charge in [0.2, 0.25) is 0 Å². The van der Waals surface area contributed by atoms with Crippen molar-refractivity contribution in [2.24, 2.45) is 5.73 Å². The Bertz CT molecular complexity index is 225. The molecule has 1 fully saturated rings. The van der Waals surface area contributed by atoms with Gasteiger partial charge in [-0.25, -0.2) is 0 Å². The molecular weight excluding hydrogens is 225 g/mol. The van der Waals surface area contributed by atoms with Gasteiger partial charge >= 0.3 is 6.18 Å². The fourth-order valence-corrected chi connectivity index (χ4v) is 1.93. The molecule has 1 rings (SSSR count). The zero-order valence-electron chi connectivity index (χ0n) is 9.07. The first-order valence-electron chi connectivity index (χ1n) is 5.15. The van der Waals surface area contributed by atoms with Crippen LogP contribution in [0.25, 0.3) is 0 Å². The van der Waals surface area contributed by atoms with Gasteiger partial charge in [0.15, 0.2) is 0 Å². The van der Waals surface area contributed by atoms with Crippen LogP contribution in [0, 0.1) is 0 Å². The second-order valence-electron chi connectivity index (χ2n) is 4.00. The highest BCUT2D eigenvalue weighted by atomic mass is 19.4. The number of morpholine rings is 1. The molecule has 0 saturated carbocycles. The van der Waals surface area contributed by atoms with Crippen LogP contribution < -0.4 is 5.73 Å². The summed E-state index contributed by atoms with van der Waals surface area (Å²) in [6, 6.07) is -1.66. The Balaban J connectivity index is 2.70. The molecule has 0 aliphatic carbocycles. The van der Waals surface area contributed by atoms with Crippen molar-refractivity contribution in [3.05, 3.63) is 0 Å².